The maximum Gasteiger partial charge on any atom is 0.135 e. The maximum atomic E-state index is 8.55. The van der Waals surface area contributed by atoms with Crippen LogP contribution in [0.4, 0.5) is 0 Å². The molecule has 0 aromatic carbocycles. The zero-order chi connectivity index (χ0) is 7.56. The Balaban J connectivity index is 2.52. The Labute approximate surface area is 70.0 Å². The van der Waals surface area contributed by atoms with Crippen molar-refractivity contribution in [2.24, 2.45) is 0 Å². The van der Waals surface area contributed by atoms with Crippen molar-refractivity contribution >= 4 is 28.3 Å². The highest BCUT2D eigenvalue weighted by molar-refractivity contribution is 8.23. The third kappa shape index (κ3) is 1.86. The standard InChI is InChI=1S/C6H8N2S2/c1-4-2-5(3-7)8-6(9)10-4/h4-5H,2H2,1H3,(H,8,9)/t4-,5-/m0/s1. The minimum atomic E-state index is -0.0660. The molecule has 0 saturated carbocycles. The quantitative estimate of drug-likeness (QED) is 0.558. The third-order valence-electron chi connectivity index (χ3n) is 1.32. The summed E-state index contributed by atoms with van der Waals surface area (Å²) in [4.78, 5) is 0. The summed E-state index contributed by atoms with van der Waals surface area (Å²) in [6, 6.07) is 2.09. The fourth-order valence-electron chi connectivity index (χ4n) is 0.883. The largest absolute Gasteiger partial charge is 0.355 e. The fraction of sp³-hybridized carbons (Fsp3) is 0.667. The van der Waals surface area contributed by atoms with Gasteiger partial charge in [-0.1, -0.05) is 30.9 Å². The summed E-state index contributed by atoms with van der Waals surface area (Å²) in [6.45, 7) is 2.09. The van der Waals surface area contributed by atoms with Crippen LogP contribution in [0.2, 0.25) is 0 Å². The molecule has 1 aliphatic heterocycles. The van der Waals surface area contributed by atoms with E-state index >= 15 is 0 Å². The van der Waals surface area contributed by atoms with E-state index in [0.29, 0.717) is 5.25 Å². The Kier molecular flexibility index (Phi) is 2.52. The van der Waals surface area contributed by atoms with Gasteiger partial charge in [0.15, 0.2) is 0 Å². The van der Waals surface area contributed by atoms with Crippen molar-refractivity contribution in [1.82, 2.24) is 5.32 Å². The first-order chi connectivity index (χ1) is 4.72. The smallest absolute Gasteiger partial charge is 0.135 e. The van der Waals surface area contributed by atoms with Crippen molar-refractivity contribution < 1.29 is 0 Å². The topological polar surface area (TPSA) is 35.8 Å². The van der Waals surface area contributed by atoms with Gasteiger partial charge in [-0.2, -0.15) is 5.26 Å². The summed E-state index contributed by atoms with van der Waals surface area (Å²) in [5.74, 6) is 0. The molecule has 0 aromatic rings. The van der Waals surface area contributed by atoms with Crippen LogP contribution < -0.4 is 5.32 Å². The number of nitriles is 1. The van der Waals surface area contributed by atoms with Crippen LogP contribution in [0.3, 0.4) is 0 Å². The zero-order valence-corrected chi connectivity index (χ0v) is 7.26. The molecule has 4 heteroatoms. The van der Waals surface area contributed by atoms with Gasteiger partial charge in [0.25, 0.3) is 0 Å². The average Bonchev–Trinajstić information content (AvgIpc) is 1.85. The van der Waals surface area contributed by atoms with Crippen LogP contribution in [-0.4, -0.2) is 15.6 Å². The molecule has 0 spiro atoms. The Hall–Kier alpha value is -0.270. The molecule has 10 heavy (non-hydrogen) atoms. The van der Waals surface area contributed by atoms with Crippen LogP contribution in [0.1, 0.15) is 13.3 Å². The van der Waals surface area contributed by atoms with Gasteiger partial charge < -0.3 is 5.32 Å². The Morgan fingerprint density at radius 3 is 3.10 bits per heavy atom. The number of hydrogen-bond acceptors (Lipinski definition) is 3. The highest BCUT2D eigenvalue weighted by atomic mass is 32.2. The number of rotatable bonds is 0. The second-order valence-electron chi connectivity index (χ2n) is 2.28. The summed E-state index contributed by atoms with van der Waals surface area (Å²) in [5, 5.41) is 12.0. The van der Waals surface area contributed by atoms with Gasteiger partial charge >= 0.3 is 0 Å². The normalized spacial score (nSPS) is 32.6. The van der Waals surface area contributed by atoms with Gasteiger partial charge in [-0.05, 0) is 6.42 Å². The first-order valence-corrected chi connectivity index (χ1v) is 4.38. The lowest BCUT2D eigenvalue weighted by Crippen LogP contribution is -2.38. The van der Waals surface area contributed by atoms with Crippen LogP contribution in [0.15, 0.2) is 0 Å². The van der Waals surface area contributed by atoms with E-state index in [0.717, 1.165) is 10.7 Å². The number of thiocarbonyl (C=S) groups is 1. The third-order valence-corrected chi connectivity index (χ3v) is 2.66. The highest BCUT2D eigenvalue weighted by Crippen LogP contribution is 2.21. The predicted molar refractivity (Wildman–Crippen MR) is 46.8 cm³/mol. The lowest BCUT2D eigenvalue weighted by atomic mass is 10.2. The van der Waals surface area contributed by atoms with Gasteiger partial charge in [-0.25, -0.2) is 0 Å². The average molecular weight is 172 g/mol. The van der Waals surface area contributed by atoms with E-state index in [9.17, 15) is 0 Å². The molecular weight excluding hydrogens is 164 g/mol. The van der Waals surface area contributed by atoms with Crippen molar-refractivity contribution in [2.45, 2.75) is 24.6 Å². The van der Waals surface area contributed by atoms with E-state index in [1.165, 1.54) is 0 Å². The molecule has 0 aliphatic carbocycles. The van der Waals surface area contributed by atoms with Crippen LogP contribution in [-0.2, 0) is 0 Å². The molecule has 2 atom stereocenters. The van der Waals surface area contributed by atoms with Gasteiger partial charge in [0.2, 0.25) is 0 Å². The Morgan fingerprint density at radius 1 is 1.90 bits per heavy atom. The lowest BCUT2D eigenvalue weighted by Gasteiger charge is -2.23. The molecule has 1 rings (SSSR count). The fourth-order valence-corrected chi connectivity index (χ4v) is 2.38. The summed E-state index contributed by atoms with van der Waals surface area (Å²) in [7, 11) is 0. The second kappa shape index (κ2) is 3.22. The SMILES string of the molecule is C[C@H]1C[C@@H](C#N)NC(=S)S1. The minimum absolute atomic E-state index is 0.0660. The van der Waals surface area contributed by atoms with Crippen LogP contribution >= 0.6 is 24.0 Å². The van der Waals surface area contributed by atoms with E-state index in [4.69, 9.17) is 17.5 Å². The van der Waals surface area contributed by atoms with E-state index in [2.05, 4.69) is 18.3 Å². The van der Waals surface area contributed by atoms with Crippen LogP contribution in [0.25, 0.3) is 0 Å². The summed E-state index contributed by atoms with van der Waals surface area (Å²) in [5.41, 5.74) is 0. The van der Waals surface area contributed by atoms with Gasteiger partial charge in [0.05, 0.1) is 6.07 Å². The molecule has 2 nitrogen and oxygen atoms in total. The van der Waals surface area contributed by atoms with Gasteiger partial charge in [-0.15, -0.1) is 0 Å². The van der Waals surface area contributed by atoms with Crippen molar-refractivity contribution in [3.05, 3.63) is 0 Å². The number of nitrogens with zero attached hydrogens (tertiary/aromatic N) is 1. The van der Waals surface area contributed by atoms with E-state index in [-0.39, 0.29) is 6.04 Å². The molecule has 0 radical (unpaired) electrons. The second-order valence-corrected chi connectivity index (χ2v) is 4.39. The van der Waals surface area contributed by atoms with Gasteiger partial charge in [0, 0.05) is 5.25 Å². The van der Waals surface area contributed by atoms with Gasteiger partial charge in [0.1, 0.15) is 10.4 Å². The van der Waals surface area contributed by atoms with E-state index in [1.54, 1.807) is 11.8 Å². The molecule has 1 saturated heterocycles. The van der Waals surface area contributed by atoms with Crippen LogP contribution in [0.5, 0.6) is 0 Å². The highest BCUT2D eigenvalue weighted by Gasteiger charge is 2.20. The van der Waals surface area contributed by atoms with E-state index in [1.807, 2.05) is 0 Å². The molecule has 1 heterocycles. The van der Waals surface area contributed by atoms with Gasteiger partial charge in [-0.3, -0.25) is 0 Å². The molecule has 1 aliphatic rings. The molecular formula is C6H8N2S2. The predicted octanol–water partition coefficient (Wildman–Crippen LogP) is 1.28. The number of nitrogens with one attached hydrogen (secondary N) is 1. The Morgan fingerprint density at radius 2 is 2.60 bits per heavy atom. The van der Waals surface area contributed by atoms with Crippen molar-refractivity contribution in [1.29, 1.82) is 5.26 Å². The molecule has 54 valence electrons. The molecule has 1 fully saturated rings. The molecule has 0 unspecified atom stereocenters. The van der Waals surface area contributed by atoms with Crippen LogP contribution in [0, 0.1) is 11.3 Å². The van der Waals surface area contributed by atoms with Crippen molar-refractivity contribution in [3.63, 3.8) is 0 Å². The summed E-state index contributed by atoms with van der Waals surface area (Å²) < 4.78 is 0.755. The number of thioether (sulfide) groups is 1. The molecule has 0 aromatic heterocycles. The van der Waals surface area contributed by atoms with Crippen molar-refractivity contribution in [3.8, 4) is 6.07 Å². The summed E-state index contributed by atoms with van der Waals surface area (Å²) in [6.07, 6.45) is 0.890. The number of hydrogen-bond donors (Lipinski definition) is 1. The lowest BCUT2D eigenvalue weighted by molar-refractivity contribution is 0.664. The molecule has 0 amide bonds. The zero-order valence-electron chi connectivity index (χ0n) is 5.63. The first-order valence-electron chi connectivity index (χ1n) is 3.09. The molecule has 1 N–H and O–H groups in total. The van der Waals surface area contributed by atoms with Crippen molar-refractivity contribution in [2.75, 3.05) is 0 Å². The summed E-state index contributed by atoms with van der Waals surface area (Å²) >= 11 is 6.56. The van der Waals surface area contributed by atoms with E-state index < -0.39 is 0 Å². The first kappa shape index (κ1) is 7.83. The minimum Gasteiger partial charge on any atom is -0.355 e. The monoisotopic (exact) mass is 172 g/mol. The maximum absolute atomic E-state index is 8.55. The molecule has 0 bridgehead atoms. The Bertz CT molecular complexity index is 185.